The van der Waals surface area contributed by atoms with E-state index in [9.17, 15) is 4.79 Å². The topological polar surface area (TPSA) is 80.3 Å². The van der Waals surface area contributed by atoms with Gasteiger partial charge in [-0.2, -0.15) is 5.26 Å². The molecule has 1 amide bonds. The lowest BCUT2D eigenvalue weighted by Gasteiger charge is -2.39. The molecule has 2 aromatic rings. The highest BCUT2D eigenvalue weighted by atomic mass is 35.5. The monoisotopic (exact) mass is 452 g/mol. The van der Waals surface area contributed by atoms with E-state index < -0.39 is 0 Å². The summed E-state index contributed by atoms with van der Waals surface area (Å²) in [5, 5.41) is 17.5. The Kier molecular flexibility index (Phi) is 6.27. The van der Waals surface area contributed by atoms with Crippen LogP contribution in [0.2, 0.25) is 0 Å². The summed E-state index contributed by atoms with van der Waals surface area (Å²) in [6.07, 6.45) is 1.75. The maximum Gasteiger partial charge on any atom is 0.253 e. The number of carbonyl (C=O) groups excluding carboxylic acids is 1. The van der Waals surface area contributed by atoms with Crippen molar-refractivity contribution in [2.45, 2.75) is 19.3 Å². The van der Waals surface area contributed by atoms with E-state index >= 15 is 0 Å². The second-order valence-corrected chi connectivity index (χ2v) is 8.39. The summed E-state index contributed by atoms with van der Waals surface area (Å²) in [5.41, 5.74) is 5.47. The van der Waals surface area contributed by atoms with Crippen LogP contribution in [0.5, 0.6) is 0 Å². The van der Waals surface area contributed by atoms with Crippen LogP contribution in [-0.4, -0.2) is 35.3 Å². The first-order valence-electron chi connectivity index (χ1n) is 10.5. The number of nitrogens with one attached hydrogen (secondary N) is 1. The Hall–Kier alpha value is -3.93. The van der Waals surface area contributed by atoms with E-state index in [4.69, 9.17) is 22.3 Å². The van der Waals surface area contributed by atoms with E-state index in [0.29, 0.717) is 36.3 Å². The predicted molar refractivity (Wildman–Crippen MR) is 132 cm³/mol. The van der Waals surface area contributed by atoms with Gasteiger partial charge in [-0.3, -0.25) is 4.79 Å². The van der Waals surface area contributed by atoms with Crippen molar-refractivity contribution in [3.63, 3.8) is 0 Å². The van der Waals surface area contributed by atoms with Crippen molar-refractivity contribution in [2.24, 2.45) is 4.99 Å². The number of carbonyl (C=O) groups is 1. The molecular formula is C27H21ClN4O. The van der Waals surface area contributed by atoms with Gasteiger partial charge in [0.1, 0.15) is 10.9 Å². The third-order valence-corrected chi connectivity index (χ3v) is 6.19. The molecule has 0 bridgehead atoms. The van der Waals surface area contributed by atoms with Gasteiger partial charge in [-0.1, -0.05) is 42.3 Å². The number of benzene rings is 2. The Bertz CT molecular complexity index is 1330. The van der Waals surface area contributed by atoms with Crippen molar-refractivity contribution >= 4 is 34.5 Å². The maximum absolute atomic E-state index is 13.1. The molecule has 5 nitrogen and oxygen atoms in total. The quantitative estimate of drug-likeness (QED) is 0.521. The molecule has 0 spiro atoms. The Morgan fingerprint density at radius 1 is 1.27 bits per heavy atom. The summed E-state index contributed by atoms with van der Waals surface area (Å²) < 4.78 is 0. The van der Waals surface area contributed by atoms with E-state index in [0.717, 1.165) is 22.3 Å². The first-order chi connectivity index (χ1) is 15.9. The minimum atomic E-state index is -0.0372. The van der Waals surface area contributed by atoms with Crippen LogP contribution in [-0.2, 0) is 0 Å². The number of amides is 1. The highest BCUT2D eigenvalue weighted by molar-refractivity contribution is 6.52. The molecule has 6 heteroatoms. The molecule has 0 unspecified atom stereocenters. The second kappa shape index (κ2) is 9.28. The molecule has 162 valence electrons. The smallest absolute Gasteiger partial charge is 0.253 e. The molecule has 1 N–H and O–H groups in total. The Labute approximate surface area is 198 Å². The second-order valence-electron chi connectivity index (χ2n) is 8.03. The van der Waals surface area contributed by atoms with Gasteiger partial charge in [-0.15, -0.1) is 0 Å². The highest BCUT2D eigenvalue weighted by Crippen LogP contribution is 2.34. The first-order valence-corrected chi connectivity index (χ1v) is 10.9. The lowest BCUT2D eigenvalue weighted by Crippen LogP contribution is -2.48. The fourth-order valence-corrected chi connectivity index (χ4v) is 4.20. The van der Waals surface area contributed by atoms with Gasteiger partial charge in [0.15, 0.2) is 0 Å². The molecule has 0 aliphatic carbocycles. The molecule has 2 aliphatic heterocycles. The van der Waals surface area contributed by atoms with Gasteiger partial charge in [-0.25, -0.2) is 4.99 Å². The Morgan fingerprint density at radius 2 is 2.00 bits per heavy atom. The lowest BCUT2D eigenvalue weighted by atomic mass is 9.89. The number of hydrogen-bond acceptors (Lipinski definition) is 4. The summed E-state index contributed by atoms with van der Waals surface area (Å²) in [6.45, 7) is 6.78. The fraction of sp³-hybridized carbons (Fsp3) is 0.185. The minimum Gasteiger partial charge on any atom is -0.337 e. The number of likely N-dealkylation sites (tertiary alicyclic amines) is 1. The van der Waals surface area contributed by atoms with Gasteiger partial charge in [-0.05, 0) is 59.9 Å². The van der Waals surface area contributed by atoms with Crippen LogP contribution in [0.25, 0.3) is 5.57 Å². The number of nitrogens with zero attached hydrogens (tertiary/aromatic N) is 3. The summed E-state index contributed by atoms with van der Waals surface area (Å²) in [4.78, 5) is 19.2. The summed E-state index contributed by atoms with van der Waals surface area (Å²) in [5.74, 6) is 5.72. The van der Waals surface area contributed by atoms with Gasteiger partial charge in [0.05, 0.1) is 17.3 Å². The third kappa shape index (κ3) is 4.51. The number of aryl methyl sites for hydroxylation is 1. The summed E-state index contributed by atoms with van der Waals surface area (Å²) >= 11 is 6.46. The van der Waals surface area contributed by atoms with E-state index in [2.05, 4.69) is 29.5 Å². The van der Waals surface area contributed by atoms with E-state index in [1.54, 1.807) is 0 Å². The average Bonchev–Trinajstić information content (AvgIpc) is 2.79. The molecule has 2 aliphatic rings. The van der Waals surface area contributed by atoms with Gasteiger partial charge in [0.2, 0.25) is 0 Å². The highest BCUT2D eigenvalue weighted by Gasteiger charge is 2.32. The van der Waals surface area contributed by atoms with Crippen LogP contribution in [0.3, 0.4) is 0 Å². The number of rotatable bonds is 3. The van der Waals surface area contributed by atoms with Gasteiger partial charge < -0.3 is 10.3 Å². The molecule has 0 saturated carbocycles. The van der Waals surface area contributed by atoms with Crippen molar-refractivity contribution in [3.8, 4) is 17.9 Å². The molecule has 2 aromatic carbocycles. The maximum atomic E-state index is 13.1. The SMILES string of the molecule is C=CC#CC1=NC(Cl)=C(c2cc(C(=O)N3CC(c4ccc(C#N)cc4)C3)ccc2C)CC1=N. The van der Waals surface area contributed by atoms with Crippen molar-refractivity contribution in [1.29, 1.82) is 10.7 Å². The molecule has 0 atom stereocenters. The summed E-state index contributed by atoms with van der Waals surface area (Å²) in [7, 11) is 0. The molecule has 33 heavy (non-hydrogen) atoms. The Balaban J connectivity index is 1.54. The molecule has 4 rings (SSSR count). The Morgan fingerprint density at radius 3 is 2.67 bits per heavy atom. The summed E-state index contributed by atoms with van der Waals surface area (Å²) in [6, 6.07) is 15.2. The number of aliphatic imine (C=N–C) groups is 1. The molecule has 1 fully saturated rings. The van der Waals surface area contributed by atoms with Crippen LogP contribution >= 0.6 is 11.6 Å². The first kappa shape index (κ1) is 22.3. The number of allylic oxidation sites excluding steroid dienone is 2. The van der Waals surface area contributed by atoms with Gasteiger partial charge in [0, 0.05) is 36.6 Å². The number of hydrogen-bond donors (Lipinski definition) is 1. The van der Waals surface area contributed by atoms with Crippen LogP contribution in [0.15, 0.2) is 65.3 Å². The van der Waals surface area contributed by atoms with Crippen LogP contribution in [0.1, 0.15) is 45.0 Å². The van der Waals surface area contributed by atoms with Gasteiger partial charge >= 0.3 is 0 Å². The molecule has 0 radical (unpaired) electrons. The lowest BCUT2D eigenvalue weighted by molar-refractivity contribution is 0.0602. The van der Waals surface area contributed by atoms with Crippen LogP contribution < -0.4 is 0 Å². The van der Waals surface area contributed by atoms with Gasteiger partial charge in [0.25, 0.3) is 5.91 Å². The minimum absolute atomic E-state index is 0.0372. The van der Waals surface area contributed by atoms with Crippen LogP contribution in [0.4, 0.5) is 0 Å². The van der Waals surface area contributed by atoms with E-state index in [1.807, 2.05) is 54.3 Å². The zero-order valence-electron chi connectivity index (χ0n) is 18.2. The normalized spacial score (nSPS) is 15.7. The molecule has 2 heterocycles. The molecule has 1 saturated heterocycles. The predicted octanol–water partition coefficient (Wildman–Crippen LogP) is 5.07. The average molecular weight is 453 g/mol. The zero-order valence-corrected chi connectivity index (χ0v) is 18.9. The zero-order chi connectivity index (χ0) is 23.5. The fourth-order valence-electron chi connectivity index (χ4n) is 3.94. The van der Waals surface area contributed by atoms with E-state index in [-0.39, 0.29) is 22.7 Å². The molecule has 0 aromatic heterocycles. The van der Waals surface area contributed by atoms with E-state index in [1.165, 1.54) is 6.08 Å². The van der Waals surface area contributed by atoms with Crippen molar-refractivity contribution in [2.75, 3.05) is 13.1 Å². The number of nitriles is 1. The molecular weight excluding hydrogens is 432 g/mol. The van der Waals surface area contributed by atoms with Crippen LogP contribution in [0, 0.1) is 35.5 Å². The third-order valence-electron chi connectivity index (χ3n) is 5.88. The van der Waals surface area contributed by atoms with Crippen molar-refractivity contribution < 1.29 is 4.79 Å². The largest absolute Gasteiger partial charge is 0.337 e. The standard InChI is InChI=1S/C27H21ClN4O/c1-3-4-5-25-24(30)13-23(26(28)31-25)22-12-20(9-6-17(22)2)27(33)32-15-21(16-32)19-10-7-18(14-29)8-11-19/h3,6-12,21,30H,1,13,15-16H2,2H3. The van der Waals surface area contributed by atoms with Crippen molar-refractivity contribution in [1.82, 2.24) is 4.90 Å². The number of halogens is 1. The van der Waals surface area contributed by atoms with Crippen molar-refractivity contribution in [3.05, 3.63) is 88.1 Å².